The maximum Gasteiger partial charge on any atom is 0.475 e. The Morgan fingerprint density at radius 1 is 0.525 bits per heavy atom. The first-order chi connectivity index (χ1) is 47.4. The SMILES string of the molecule is CCC(=O)O[C@H](CC)CC(=O)NC1[C@H](O[Si](C)(C)C(C)(C)C)OC(CO[C@@H]2OC(COCc3ccccc3)[C@@H](OP3(=O)OCc4ccccc4CO3)[C@H](OC(=O)C[C@@H](CC)OCc3ccccc3)C2NC(=O)C[C@@H](CC)OC(=O)CC)[C@@H](C)[C@@H]1OC(=O)C[C@@H](CC)OCc1ccccc1. The van der Waals surface area contributed by atoms with Crippen LogP contribution in [0.15, 0.2) is 115 Å². The molecule has 3 aliphatic heterocycles. The van der Waals surface area contributed by atoms with Crippen LogP contribution in [0.5, 0.6) is 0 Å². The van der Waals surface area contributed by atoms with Crippen molar-refractivity contribution in [3.05, 3.63) is 143 Å². The van der Waals surface area contributed by atoms with E-state index in [-0.39, 0.29) is 84.6 Å². The summed E-state index contributed by atoms with van der Waals surface area (Å²) in [5.41, 5.74) is 3.97. The molecule has 546 valence electrons. The molecule has 14 atom stereocenters. The normalized spacial score (nSPS) is 23.6. The number of esters is 4. The molecule has 4 aromatic rings. The van der Waals surface area contributed by atoms with Crippen molar-refractivity contribution in [1.29, 1.82) is 0 Å². The van der Waals surface area contributed by atoms with Gasteiger partial charge in [-0.15, -0.1) is 0 Å². The minimum Gasteiger partial charge on any atom is -0.462 e. The van der Waals surface area contributed by atoms with Crippen LogP contribution >= 0.6 is 7.82 Å². The van der Waals surface area contributed by atoms with E-state index in [4.69, 9.17) is 65.4 Å². The number of phosphoric acid groups is 1. The highest BCUT2D eigenvalue weighted by atomic mass is 31.2. The van der Waals surface area contributed by atoms with Gasteiger partial charge in [-0.2, -0.15) is 0 Å². The van der Waals surface area contributed by atoms with Gasteiger partial charge in [0.1, 0.15) is 42.6 Å². The Hall–Kier alpha value is -6.25. The molecule has 0 bridgehead atoms. The average molecular weight is 1420 g/mol. The molecule has 2 fully saturated rings. The summed E-state index contributed by atoms with van der Waals surface area (Å²) in [6.07, 6.45) is -12.2. The summed E-state index contributed by atoms with van der Waals surface area (Å²) in [5.74, 6) is -4.48. The van der Waals surface area contributed by atoms with Crippen LogP contribution in [0, 0.1) is 5.92 Å². The van der Waals surface area contributed by atoms with Crippen molar-refractivity contribution in [3.8, 4) is 0 Å². The smallest absolute Gasteiger partial charge is 0.462 e. The molecule has 2 amide bonds. The number of nitrogens with one attached hydrogen (secondary N) is 2. The molecular formula is C74H105N2O21PSi. The van der Waals surface area contributed by atoms with Gasteiger partial charge in [0.05, 0.1) is 90.2 Å². The van der Waals surface area contributed by atoms with E-state index in [1.165, 1.54) is 0 Å². The molecule has 23 nitrogen and oxygen atoms in total. The second kappa shape index (κ2) is 39.2. The molecule has 4 unspecified atom stereocenters. The molecule has 7 rings (SSSR count). The standard InChI is InChI=1S/C74H105N2O21PSi/c1-13-55(85-43-51-32-24-20-25-33-51)40-65(81)94-69-49(7)59(92-73(97-99(11,12)74(8,9)10)67(69)75-61(77)38-57(15-3)90-63(79)17-5)48-87-72-68(76-62(78)39-58(16-4)91-64(80)18-6)71(95-66(82)41-56(14-2)86-44-52-34-26-21-27-35-52)70(60(93-72)47-84-42-50-30-22-19-23-31-50)96-98(83)88-45-53-36-28-29-37-54(53)46-89-98/h19-37,49,55-60,67-73H,13-18,38-48H2,1-12H3,(H,75,77)(H,76,78)/t49-,55-,56-,57-,58-,59?,60?,67?,68?,69+,70-,71-,72-,73+/m1/s1. The van der Waals surface area contributed by atoms with Gasteiger partial charge < -0.3 is 62.4 Å². The summed E-state index contributed by atoms with van der Waals surface area (Å²) >= 11 is 0. The van der Waals surface area contributed by atoms with Crippen LogP contribution in [0.25, 0.3) is 0 Å². The Labute approximate surface area is 585 Å². The molecule has 0 radical (unpaired) electrons. The number of phosphoric ester groups is 1. The van der Waals surface area contributed by atoms with E-state index >= 15 is 4.57 Å². The number of ether oxygens (including phenoxy) is 10. The lowest BCUT2D eigenvalue weighted by Crippen LogP contribution is -2.67. The zero-order chi connectivity index (χ0) is 71.7. The Morgan fingerprint density at radius 2 is 0.949 bits per heavy atom. The minimum absolute atomic E-state index is 0.0485. The molecule has 4 aromatic carbocycles. The van der Waals surface area contributed by atoms with Crippen LogP contribution in [0.3, 0.4) is 0 Å². The summed E-state index contributed by atoms with van der Waals surface area (Å²) in [6.45, 7) is 21.9. The number of amides is 2. The average Bonchev–Trinajstić information content (AvgIpc) is 1.29. The van der Waals surface area contributed by atoms with Crippen molar-refractivity contribution in [1.82, 2.24) is 10.6 Å². The lowest BCUT2D eigenvalue weighted by molar-refractivity contribution is -0.293. The van der Waals surface area contributed by atoms with Crippen molar-refractivity contribution >= 4 is 51.8 Å². The van der Waals surface area contributed by atoms with E-state index in [0.29, 0.717) is 30.4 Å². The number of rotatable bonds is 37. The molecule has 0 aliphatic carbocycles. The van der Waals surface area contributed by atoms with Crippen LogP contribution in [-0.4, -0.2) is 137 Å². The third kappa shape index (κ3) is 24.8. The molecule has 3 heterocycles. The maximum absolute atomic E-state index is 15.3. The molecule has 3 aliphatic rings. The quantitative estimate of drug-likeness (QED) is 0.0184. The van der Waals surface area contributed by atoms with E-state index in [0.717, 1.165) is 16.7 Å². The molecule has 99 heavy (non-hydrogen) atoms. The van der Waals surface area contributed by atoms with Crippen molar-refractivity contribution in [2.75, 3.05) is 13.2 Å². The van der Waals surface area contributed by atoms with Gasteiger partial charge in [0.2, 0.25) is 11.8 Å². The minimum atomic E-state index is -4.68. The van der Waals surface area contributed by atoms with Crippen LogP contribution in [0.1, 0.15) is 161 Å². The van der Waals surface area contributed by atoms with Gasteiger partial charge in [-0.3, -0.25) is 42.3 Å². The Bertz CT molecular complexity index is 3180. The zero-order valence-corrected chi connectivity index (χ0v) is 61.5. The summed E-state index contributed by atoms with van der Waals surface area (Å²) in [6, 6.07) is 32.9. The summed E-state index contributed by atoms with van der Waals surface area (Å²) in [7, 11) is -7.58. The van der Waals surface area contributed by atoms with Crippen molar-refractivity contribution in [2.24, 2.45) is 5.92 Å². The van der Waals surface area contributed by atoms with Crippen LogP contribution in [0.2, 0.25) is 18.1 Å². The van der Waals surface area contributed by atoms with Crippen molar-refractivity contribution in [3.63, 3.8) is 0 Å². The number of fused-ring (bicyclic) bond motifs is 1. The van der Waals surface area contributed by atoms with Gasteiger partial charge in [0.15, 0.2) is 27.0 Å². The topological polar surface area (TPSA) is 273 Å². The number of carbonyl (C=O) groups is 6. The van der Waals surface area contributed by atoms with E-state index in [2.05, 4.69) is 10.6 Å². The monoisotopic (exact) mass is 1420 g/mol. The molecule has 25 heteroatoms. The molecule has 0 saturated carbocycles. The molecule has 2 saturated heterocycles. The lowest BCUT2D eigenvalue weighted by Gasteiger charge is -2.49. The Kier molecular flexibility index (Phi) is 31.7. The van der Waals surface area contributed by atoms with Gasteiger partial charge in [-0.1, -0.05) is 184 Å². The first kappa shape index (κ1) is 80.1. The fourth-order valence-electron chi connectivity index (χ4n) is 11.2. The second-order valence-corrected chi connectivity index (χ2v) is 33.2. The van der Waals surface area contributed by atoms with E-state index in [9.17, 15) is 28.8 Å². The highest BCUT2D eigenvalue weighted by Gasteiger charge is 2.56. The lowest BCUT2D eigenvalue weighted by atomic mass is 9.88. The summed E-state index contributed by atoms with van der Waals surface area (Å²) in [4.78, 5) is 84.3. The van der Waals surface area contributed by atoms with Crippen molar-refractivity contribution in [2.45, 2.75) is 264 Å². The first-order valence-corrected chi connectivity index (χ1v) is 39.3. The highest BCUT2D eigenvalue weighted by molar-refractivity contribution is 7.48. The van der Waals surface area contributed by atoms with Crippen LogP contribution in [0.4, 0.5) is 0 Å². The summed E-state index contributed by atoms with van der Waals surface area (Å²) in [5, 5.41) is 5.67. The van der Waals surface area contributed by atoms with Gasteiger partial charge in [-0.25, -0.2) is 4.57 Å². The maximum atomic E-state index is 15.3. The number of hydrogen-bond acceptors (Lipinski definition) is 21. The summed E-state index contributed by atoms with van der Waals surface area (Å²) < 4.78 is 106. The fourth-order valence-corrected chi connectivity index (χ4v) is 13.7. The Balaban J connectivity index is 1.32. The second-order valence-electron chi connectivity index (χ2n) is 26.8. The van der Waals surface area contributed by atoms with Crippen LogP contribution < -0.4 is 10.6 Å². The van der Waals surface area contributed by atoms with Gasteiger partial charge in [-0.05, 0) is 71.6 Å². The number of carbonyl (C=O) groups excluding carboxylic acids is 6. The number of benzene rings is 4. The number of hydrogen-bond donors (Lipinski definition) is 2. The van der Waals surface area contributed by atoms with Crippen molar-refractivity contribution < 1.29 is 98.7 Å². The largest absolute Gasteiger partial charge is 0.475 e. The third-order valence-corrected chi connectivity index (χ3v) is 24.2. The first-order valence-electron chi connectivity index (χ1n) is 34.9. The predicted octanol–water partition coefficient (Wildman–Crippen LogP) is 12.4. The van der Waals surface area contributed by atoms with Crippen LogP contribution in [-0.2, 0) is 132 Å². The zero-order valence-electron chi connectivity index (χ0n) is 59.6. The van der Waals surface area contributed by atoms with Gasteiger partial charge >= 0.3 is 31.7 Å². The van der Waals surface area contributed by atoms with E-state index in [1.54, 1.807) is 34.6 Å². The predicted molar refractivity (Wildman–Crippen MR) is 369 cm³/mol. The third-order valence-electron chi connectivity index (χ3n) is 18.3. The molecular weight excluding hydrogens is 1310 g/mol. The highest BCUT2D eigenvalue weighted by Crippen LogP contribution is 2.55. The molecule has 0 spiro atoms. The Morgan fingerprint density at radius 3 is 1.39 bits per heavy atom. The van der Waals surface area contributed by atoms with E-state index < -0.39 is 149 Å². The molecule has 0 aromatic heterocycles. The fraction of sp³-hybridized carbons (Fsp3) is 0.595. The van der Waals surface area contributed by atoms with Gasteiger partial charge in [0, 0.05) is 18.8 Å². The van der Waals surface area contributed by atoms with E-state index in [1.807, 2.05) is 163 Å². The molecule has 2 N–H and O–H groups in total. The van der Waals surface area contributed by atoms with Gasteiger partial charge in [0.25, 0.3) is 0 Å².